The van der Waals surface area contributed by atoms with Crippen molar-refractivity contribution in [2.45, 2.75) is 24.4 Å². The summed E-state index contributed by atoms with van der Waals surface area (Å²) in [5.74, 6) is -0.163. The number of rotatable bonds is 0. The van der Waals surface area contributed by atoms with Crippen LogP contribution in [0.4, 0.5) is 0 Å². The molecule has 3 aliphatic rings. The summed E-state index contributed by atoms with van der Waals surface area (Å²) in [5, 5.41) is 32.7. The number of azo groups is 1. The van der Waals surface area contributed by atoms with Gasteiger partial charge in [-0.05, 0) is 0 Å². The molecule has 6 nitrogen and oxygen atoms in total. The smallest absolute Gasteiger partial charge is 0.251 e. The Morgan fingerprint density at radius 2 is 1.94 bits per heavy atom. The Bertz CT molecular complexity index is 427. The Balaban J connectivity index is 1.93. The molecule has 1 saturated heterocycles. The molecule has 6 heteroatoms. The van der Waals surface area contributed by atoms with E-state index in [2.05, 4.69) is 20.9 Å². The molecule has 0 aromatic carbocycles. The molecule has 4 unspecified atom stereocenters. The number of nitrogens with one attached hydrogen (secondary N) is 2. The molecule has 3 rings (SSSR count). The summed E-state index contributed by atoms with van der Waals surface area (Å²) in [6.07, 6.45) is 6.92. The van der Waals surface area contributed by atoms with Crippen molar-refractivity contribution in [3.8, 4) is 0 Å². The SMILES string of the molecule is OC1=C2NC3C=CC=CC3NC2C(O)N=N1. The highest BCUT2D eigenvalue weighted by atomic mass is 16.3. The summed E-state index contributed by atoms with van der Waals surface area (Å²) in [4.78, 5) is 0. The van der Waals surface area contributed by atoms with Gasteiger partial charge in [0.1, 0.15) is 6.04 Å². The summed E-state index contributed by atoms with van der Waals surface area (Å²) >= 11 is 0. The van der Waals surface area contributed by atoms with Crippen LogP contribution < -0.4 is 10.6 Å². The van der Waals surface area contributed by atoms with Gasteiger partial charge >= 0.3 is 0 Å². The van der Waals surface area contributed by atoms with E-state index in [1.54, 1.807) is 0 Å². The average molecular weight is 220 g/mol. The third-order valence-electron chi connectivity index (χ3n) is 2.95. The van der Waals surface area contributed by atoms with Crippen LogP contribution in [0.15, 0.2) is 46.1 Å². The largest absolute Gasteiger partial charge is 0.491 e. The third-order valence-corrected chi connectivity index (χ3v) is 2.95. The summed E-state index contributed by atoms with van der Waals surface area (Å²) < 4.78 is 0. The van der Waals surface area contributed by atoms with E-state index in [1.165, 1.54) is 0 Å². The van der Waals surface area contributed by atoms with Crippen LogP contribution in [0, 0.1) is 0 Å². The van der Waals surface area contributed by atoms with Gasteiger partial charge < -0.3 is 15.5 Å². The molecule has 84 valence electrons. The molecule has 0 spiro atoms. The van der Waals surface area contributed by atoms with Gasteiger partial charge in [0.2, 0.25) is 0 Å². The second-order valence-corrected chi connectivity index (χ2v) is 3.98. The third kappa shape index (κ3) is 1.35. The van der Waals surface area contributed by atoms with Gasteiger partial charge in [-0.2, -0.15) is 5.11 Å². The van der Waals surface area contributed by atoms with Crippen LogP contribution in [-0.2, 0) is 0 Å². The molecule has 0 bridgehead atoms. The van der Waals surface area contributed by atoms with Gasteiger partial charge in [0, 0.05) is 0 Å². The molecular formula is C10H12N4O2. The van der Waals surface area contributed by atoms with Crippen LogP contribution >= 0.6 is 0 Å². The predicted molar refractivity (Wildman–Crippen MR) is 56.4 cm³/mol. The fourth-order valence-electron chi connectivity index (χ4n) is 2.14. The molecule has 0 aromatic heterocycles. The van der Waals surface area contributed by atoms with Gasteiger partial charge in [0.25, 0.3) is 5.88 Å². The highest BCUT2D eigenvalue weighted by molar-refractivity contribution is 5.30. The minimum atomic E-state index is -0.960. The summed E-state index contributed by atoms with van der Waals surface area (Å²) in [7, 11) is 0. The van der Waals surface area contributed by atoms with Crippen molar-refractivity contribution < 1.29 is 10.2 Å². The fraction of sp³-hybridized carbons (Fsp3) is 0.400. The Morgan fingerprint density at radius 3 is 2.75 bits per heavy atom. The lowest BCUT2D eigenvalue weighted by molar-refractivity contribution is 0.110. The average Bonchev–Trinajstić information content (AvgIpc) is 2.32. The summed E-state index contributed by atoms with van der Waals surface area (Å²) in [6, 6.07) is -0.261. The highest BCUT2D eigenvalue weighted by Gasteiger charge is 2.38. The van der Waals surface area contributed by atoms with Crippen LogP contribution in [0.5, 0.6) is 0 Å². The zero-order chi connectivity index (χ0) is 11.1. The maximum atomic E-state index is 9.66. The Labute approximate surface area is 92.1 Å². The molecule has 4 atom stereocenters. The first-order valence-electron chi connectivity index (χ1n) is 5.15. The zero-order valence-corrected chi connectivity index (χ0v) is 8.41. The van der Waals surface area contributed by atoms with Crippen molar-refractivity contribution in [3.63, 3.8) is 0 Å². The number of piperazine rings is 1. The van der Waals surface area contributed by atoms with Gasteiger partial charge in [-0.25, -0.2) is 0 Å². The molecule has 0 amide bonds. The van der Waals surface area contributed by atoms with E-state index in [4.69, 9.17) is 0 Å². The van der Waals surface area contributed by atoms with Crippen LogP contribution in [0.25, 0.3) is 0 Å². The lowest BCUT2D eigenvalue weighted by atomic mass is 9.95. The topological polar surface area (TPSA) is 89.2 Å². The molecule has 2 heterocycles. The van der Waals surface area contributed by atoms with Gasteiger partial charge in [-0.1, -0.05) is 24.3 Å². The Kier molecular flexibility index (Phi) is 2.05. The van der Waals surface area contributed by atoms with Crippen LogP contribution in [0.2, 0.25) is 0 Å². The minimum Gasteiger partial charge on any atom is -0.491 e. The Morgan fingerprint density at radius 1 is 1.19 bits per heavy atom. The Hall–Kier alpha value is -1.66. The first-order valence-corrected chi connectivity index (χ1v) is 5.15. The summed E-state index contributed by atoms with van der Waals surface area (Å²) in [5.41, 5.74) is 0.503. The van der Waals surface area contributed by atoms with Crippen molar-refractivity contribution in [2.75, 3.05) is 0 Å². The lowest BCUT2D eigenvalue weighted by Gasteiger charge is -2.40. The first-order chi connectivity index (χ1) is 7.75. The standard InChI is InChI=1S/C10H12N4O2/c15-9-7-8(10(16)14-13-9)12-6-4-2-1-3-5(6)11-7/h1-7,9,11-12,15-16H. The van der Waals surface area contributed by atoms with E-state index < -0.39 is 12.3 Å². The number of nitrogens with zero attached hydrogens (tertiary/aromatic N) is 2. The van der Waals surface area contributed by atoms with E-state index >= 15 is 0 Å². The van der Waals surface area contributed by atoms with Crippen molar-refractivity contribution in [3.05, 3.63) is 35.9 Å². The molecular weight excluding hydrogens is 208 g/mol. The van der Waals surface area contributed by atoms with E-state index in [1.807, 2.05) is 24.3 Å². The van der Waals surface area contributed by atoms with Gasteiger partial charge in [-0.3, -0.25) is 5.32 Å². The zero-order valence-electron chi connectivity index (χ0n) is 8.41. The predicted octanol–water partition coefficient (Wildman–Crippen LogP) is -0.0777. The number of allylic oxidation sites excluding steroid dienone is 2. The normalized spacial score (nSPS) is 40.3. The fourth-order valence-corrected chi connectivity index (χ4v) is 2.14. The van der Waals surface area contributed by atoms with Crippen molar-refractivity contribution >= 4 is 0 Å². The molecule has 0 radical (unpaired) electrons. The molecule has 16 heavy (non-hydrogen) atoms. The van der Waals surface area contributed by atoms with Crippen LogP contribution in [0.3, 0.4) is 0 Å². The summed E-state index contributed by atoms with van der Waals surface area (Å²) in [6.45, 7) is 0. The number of aliphatic hydroxyl groups excluding tert-OH is 2. The highest BCUT2D eigenvalue weighted by Crippen LogP contribution is 2.24. The van der Waals surface area contributed by atoms with E-state index in [0.29, 0.717) is 5.70 Å². The second kappa shape index (κ2) is 3.43. The van der Waals surface area contributed by atoms with E-state index in [9.17, 15) is 10.2 Å². The molecule has 0 saturated carbocycles. The monoisotopic (exact) mass is 220 g/mol. The maximum Gasteiger partial charge on any atom is 0.251 e. The molecule has 1 aliphatic carbocycles. The van der Waals surface area contributed by atoms with Gasteiger partial charge in [0.05, 0.1) is 17.8 Å². The number of aliphatic hydroxyl groups is 2. The molecule has 0 aromatic rings. The second-order valence-electron chi connectivity index (χ2n) is 3.98. The molecule has 2 aliphatic heterocycles. The van der Waals surface area contributed by atoms with E-state index in [-0.39, 0.29) is 18.0 Å². The quantitative estimate of drug-likeness (QED) is 0.460. The molecule has 4 N–H and O–H groups in total. The number of hydrogen-bond donors (Lipinski definition) is 4. The van der Waals surface area contributed by atoms with Crippen molar-refractivity contribution in [2.24, 2.45) is 10.2 Å². The van der Waals surface area contributed by atoms with Gasteiger partial charge in [-0.15, -0.1) is 5.11 Å². The van der Waals surface area contributed by atoms with E-state index in [0.717, 1.165) is 0 Å². The first kappa shape index (κ1) is 9.56. The minimum absolute atomic E-state index is 0.0684. The van der Waals surface area contributed by atoms with Crippen molar-refractivity contribution in [1.82, 2.24) is 10.6 Å². The van der Waals surface area contributed by atoms with Crippen molar-refractivity contribution in [1.29, 1.82) is 0 Å². The number of fused-ring (bicyclic) bond motifs is 2. The lowest BCUT2D eigenvalue weighted by Crippen LogP contribution is -2.62. The molecule has 1 fully saturated rings. The number of hydrogen-bond acceptors (Lipinski definition) is 6. The van der Waals surface area contributed by atoms with Crippen LogP contribution in [-0.4, -0.2) is 34.6 Å². The maximum absolute atomic E-state index is 9.66. The van der Waals surface area contributed by atoms with Gasteiger partial charge in [0.15, 0.2) is 6.23 Å². The van der Waals surface area contributed by atoms with Crippen LogP contribution in [0.1, 0.15) is 0 Å².